The van der Waals surface area contributed by atoms with Crippen LogP contribution in [0.15, 0.2) is 34.4 Å². The first kappa shape index (κ1) is 25.3. The van der Waals surface area contributed by atoms with Crippen LogP contribution in [0.4, 0.5) is 0 Å². The van der Waals surface area contributed by atoms with Crippen molar-refractivity contribution in [3.63, 3.8) is 0 Å². The van der Waals surface area contributed by atoms with Gasteiger partial charge in [0.15, 0.2) is 11.1 Å². The molecule has 1 aliphatic rings. The highest BCUT2D eigenvalue weighted by atomic mass is 127. The zero-order chi connectivity index (χ0) is 20.6. The quantitative estimate of drug-likeness (QED) is 0.161. The van der Waals surface area contributed by atoms with Crippen LogP contribution in [0.2, 0.25) is 5.02 Å². The summed E-state index contributed by atoms with van der Waals surface area (Å²) in [5, 5.41) is 14.2. The van der Waals surface area contributed by atoms with E-state index in [1.54, 1.807) is 11.8 Å². The maximum atomic E-state index is 6.29. The fraction of sp³-hybridized carbons (Fsp3) is 0.571. The van der Waals surface area contributed by atoms with Crippen LogP contribution in [0.5, 0.6) is 0 Å². The number of guanidine groups is 1. The molecule has 6 nitrogen and oxygen atoms in total. The molecule has 9 heteroatoms. The maximum absolute atomic E-state index is 6.29. The Kier molecular flexibility index (Phi) is 10.7. The molecule has 0 amide bonds. The van der Waals surface area contributed by atoms with Crippen molar-refractivity contribution in [2.24, 2.45) is 4.99 Å². The molecule has 1 aliphatic carbocycles. The van der Waals surface area contributed by atoms with E-state index < -0.39 is 0 Å². The van der Waals surface area contributed by atoms with Crippen molar-refractivity contribution in [1.82, 2.24) is 25.0 Å². The second-order valence-corrected chi connectivity index (χ2v) is 8.62. The van der Waals surface area contributed by atoms with Gasteiger partial charge in [0, 0.05) is 44.7 Å². The third kappa shape index (κ3) is 6.50. The number of rotatable bonds is 8. The smallest absolute Gasteiger partial charge is 0.193 e. The van der Waals surface area contributed by atoms with Crippen LogP contribution in [0, 0.1) is 0 Å². The van der Waals surface area contributed by atoms with Gasteiger partial charge < -0.3 is 14.8 Å². The number of thioether (sulfide) groups is 1. The first-order chi connectivity index (χ1) is 14.1. The molecule has 30 heavy (non-hydrogen) atoms. The molecule has 3 rings (SSSR count). The number of nitrogens with one attached hydrogen (secondary N) is 1. The van der Waals surface area contributed by atoms with Crippen molar-refractivity contribution >= 4 is 53.3 Å². The summed E-state index contributed by atoms with van der Waals surface area (Å²) in [6.45, 7) is 1.55. The largest absolute Gasteiger partial charge is 0.356 e. The molecule has 0 atom stereocenters. The van der Waals surface area contributed by atoms with Crippen molar-refractivity contribution in [2.75, 3.05) is 26.9 Å². The number of aryl methyl sites for hydroxylation is 1. The predicted octanol–water partition coefficient (Wildman–Crippen LogP) is 5.03. The Morgan fingerprint density at radius 3 is 2.70 bits per heavy atom. The van der Waals surface area contributed by atoms with E-state index in [1.165, 1.54) is 25.7 Å². The average Bonchev–Trinajstić information content (AvgIpc) is 3.38. The van der Waals surface area contributed by atoms with Gasteiger partial charge in [0.1, 0.15) is 5.82 Å². The van der Waals surface area contributed by atoms with Gasteiger partial charge in [0.25, 0.3) is 0 Å². The maximum Gasteiger partial charge on any atom is 0.193 e. The Hall–Kier alpha value is -1.000. The molecule has 1 saturated carbocycles. The first-order valence-electron chi connectivity index (χ1n) is 10.3. The summed E-state index contributed by atoms with van der Waals surface area (Å²) < 4.78 is 2.38. The molecule has 1 fully saturated rings. The van der Waals surface area contributed by atoms with E-state index in [4.69, 9.17) is 11.6 Å². The van der Waals surface area contributed by atoms with Crippen LogP contribution in [0.3, 0.4) is 0 Å². The van der Waals surface area contributed by atoms with Crippen LogP contribution in [-0.4, -0.2) is 52.5 Å². The van der Waals surface area contributed by atoms with Gasteiger partial charge in [-0.25, -0.2) is 0 Å². The van der Waals surface area contributed by atoms with E-state index in [2.05, 4.69) is 36.2 Å². The summed E-state index contributed by atoms with van der Waals surface area (Å²) in [5.41, 5.74) is 1.09. The normalized spacial score (nSPS) is 14.6. The molecule has 0 saturated heterocycles. The minimum absolute atomic E-state index is 0. The fourth-order valence-electron chi connectivity index (χ4n) is 3.93. The lowest BCUT2D eigenvalue weighted by molar-refractivity contribution is 0.457. The summed E-state index contributed by atoms with van der Waals surface area (Å²) in [5.74, 6) is 1.98. The lowest BCUT2D eigenvalue weighted by atomic mass is 10.2. The molecule has 1 aromatic carbocycles. The second kappa shape index (κ2) is 12.8. The number of aromatic nitrogens is 3. The minimum atomic E-state index is 0. The molecule has 0 spiro atoms. The molecule has 166 valence electrons. The summed E-state index contributed by atoms with van der Waals surface area (Å²) in [4.78, 5) is 6.50. The van der Waals surface area contributed by atoms with E-state index in [0.717, 1.165) is 46.9 Å². The van der Waals surface area contributed by atoms with Crippen LogP contribution >= 0.6 is 47.3 Å². The van der Waals surface area contributed by atoms with Gasteiger partial charge in [0.2, 0.25) is 0 Å². The van der Waals surface area contributed by atoms with E-state index in [1.807, 2.05) is 38.4 Å². The van der Waals surface area contributed by atoms with Crippen molar-refractivity contribution in [2.45, 2.75) is 56.3 Å². The van der Waals surface area contributed by atoms with Crippen LogP contribution in [0.25, 0.3) is 0 Å². The second-order valence-electron chi connectivity index (χ2n) is 7.44. The molecular formula is C21H32ClIN6S. The van der Waals surface area contributed by atoms with Gasteiger partial charge in [-0.1, -0.05) is 54.4 Å². The first-order valence-corrected chi connectivity index (χ1v) is 11.9. The standard InChI is InChI=1S/C21H31ClN6S.HI/c1-23-20(27(2)15-16-9-4-7-12-18(16)22)24-14-8-13-19-25-26-21(29-3)28(19)17-10-5-6-11-17;/h4,7,9,12,17H,5-6,8,10-11,13-15H2,1-3H3,(H,23,24);1H. The SMILES string of the molecule is CN=C(NCCCc1nnc(SC)n1C1CCCC1)N(C)Cc1ccccc1Cl.I. The highest BCUT2D eigenvalue weighted by molar-refractivity contribution is 14.0. The summed E-state index contributed by atoms with van der Waals surface area (Å²) in [6, 6.07) is 8.50. The van der Waals surface area contributed by atoms with Crippen molar-refractivity contribution < 1.29 is 0 Å². The Balaban J connectivity index is 0.00000320. The molecule has 0 aliphatic heterocycles. The van der Waals surface area contributed by atoms with Gasteiger partial charge in [-0.3, -0.25) is 4.99 Å². The fourth-order valence-corrected chi connectivity index (χ4v) is 4.70. The summed E-state index contributed by atoms with van der Waals surface area (Å²) in [7, 11) is 3.84. The average molecular weight is 563 g/mol. The monoisotopic (exact) mass is 562 g/mol. The van der Waals surface area contributed by atoms with Gasteiger partial charge >= 0.3 is 0 Å². The summed E-state index contributed by atoms with van der Waals surface area (Å²) >= 11 is 7.98. The highest BCUT2D eigenvalue weighted by Gasteiger charge is 2.23. The molecular weight excluding hydrogens is 531 g/mol. The molecule has 2 aromatic rings. The summed E-state index contributed by atoms with van der Waals surface area (Å²) in [6.07, 6.45) is 9.10. The molecule has 1 N–H and O–H groups in total. The van der Waals surface area contributed by atoms with Crippen molar-refractivity contribution in [3.8, 4) is 0 Å². The lowest BCUT2D eigenvalue weighted by Crippen LogP contribution is -2.39. The third-order valence-electron chi connectivity index (χ3n) is 5.41. The zero-order valence-corrected chi connectivity index (χ0v) is 21.9. The Morgan fingerprint density at radius 2 is 2.03 bits per heavy atom. The molecule has 0 radical (unpaired) electrons. The van der Waals surface area contributed by atoms with Crippen molar-refractivity contribution in [3.05, 3.63) is 40.7 Å². The number of nitrogens with zero attached hydrogens (tertiary/aromatic N) is 5. The molecule has 1 heterocycles. The Labute approximate surface area is 206 Å². The van der Waals surface area contributed by atoms with Gasteiger partial charge in [-0.15, -0.1) is 34.2 Å². The number of benzene rings is 1. The number of halogens is 2. The number of aliphatic imine (C=N–C) groups is 1. The predicted molar refractivity (Wildman–Crippen MR) is 137 cm³/mol. The molecule has 1 aromatic heterocycles. The van der Waals surface area contributed by atoms with Crippen molar-refractivity contribution in [1.29, 1.82) is 0 Å². The minimum Gasteiger partial charge on any atom is -0.356 e. The van der Waals surface area contributed by atoms with E-state index in [-0.39, 0.29) is 24.0 Å². The number of hydrogen-bond acceptors (Lipinski definition) is 4. The highest BCUT2D eigenvalue weighted by Crippen LogP contribution is 2.33. The Bertz CT molecular complexity index is 822. The van der Waals surface area contributed by atoms with E-state index in [9.17, 15) is 0 Å². The Morgan fingerprint density at radius 1 is 1.30 bits per heavy atom. The van der Waals surface area contributed by atoms with Gasteiger partial charge in [0.05, 0.1) is 0 Å². The van der Waals surface area contributed by atoms with Crippen LogP contribution in [0.1, 0.15) is 49.5 Å². The van der Waals surface area contributed by atoms with Gasteiger partial charge in [-0.2, -0.15) is 0 Å². The van der Waals surface area contributed by atoms with E-state index >= 15 is 0 Å². The topological polar surface area (TPSA) is 58.3 Å². The third-order valence-corrected chi connectivity index (χ3v) is 6.42. The van der Waals surface area contributed by atoms with Crippen LogP contribution in [-0.2, 0) is 13.0 Å². The van der Waals surface area contributed by atoms with Crippen LogP contribution < -0.4 is 5.32 Å². The molecule has 0 unspecified atom stereocenters. The molecule has 0 bridgehead atoms. The zero-order valence-electron chi connectivity index (χ0n) is 18.0. The number of hydrogen-bond donors (Lipinski definition) is 1. The van der Waals surface area contributed by atoms with E-state index in [0.29, 0.717) is 12.6 Å². The lowest BCUT2D eigenvalue weighted by Gasteiger charge is -2.22. The van der Waals surface area contributed by atoms with Gasteiger partial charge in [-0.05, 0) is 37.1 Å².